The van der Waals surface area contributed by atoms with E-state index in [2.05, 4.69) is 10.6 Å². The molecule has 0 bridgehead atoms. The maximum absolute atomic E-state index is 11.4. The molecule has 0 radical (unpaired) electrons. The van der Waals surface area contributed by atoms with Gasteiger partial charge in [-0.15, -0.1) is 0 Å². The molecular formula is C12H16N2O3. The number of rotatable bonds is 5. The first kappa shape index (κ1) is 13.0. The standard InChI is InChI=1S/C12H16N2O3/c1-2-8-17-12(16)13-9-11(15)14-10-6-4-3-5-7-10/h3-7H,2,8-9H2,1H3,(H,13,16)(H,14,15). The summed E-state index contributed by atoms with van der Waals surface area (Å²) in [5.41, 5.74) is 0.696. The Morgan fingerprint density at radius 2 is 1.94 bits per heavy atom. The zero-order valence-corrected chi connectivity index (χ0v) is 9.73. The number of hydrogen-bond donors (Lipinski definition) is 2. The van der Waals surface area contributed by atoms with Crippen LogP contribution in [0.4, 0.5) is 10.5 Å². The van der Waals surface area contributed by atoms with E-state index in [1.165, 1.54) is 0 Å². The number of anilines is 1. The average Bonchev–Trinajstić information content (AvgIpc) is 2.35. The number of nitrogens with one attached hydrogen (secondary N) is 2. The molecule has 0 fully saturated rings. The van der Waals surface area contributed by atoms with E-state index in [9.17, 15) is 9.59 Å². The molecule has 0 saturated heterocycles. The Hall–Kier alpha value is -2.04. The highest BCUT2D eigenvalue weighted by atomic mass is 16.5. The topological polar surface area (TPSA) is 67.4 Å². The van der Waals surface area contributed by atoms with Crippen molar-refractivity contribution in [1.29, 1.82) is 0 Å². The molecule has 1 aromatic rings. The van der Waals surface area contributed by atoms with E-state index in [0.717, 1.165) is 6.42 Å². The second-order valence-corrected chi connectivity index (χ2v) is 3.40. The summed E-state index contributed by atoms with van der Waals surface area (Å²) >= 11 is 0. The largest absolute Gasteiger partial charge is 0.450 e. The van der Waals surface area contributed by atoms with Crippen LogP contribution in [0.15, 0.2) is 30.3 Å². The predicted octanol–water partition coefficient (Wildman–Crippen LogP) is 1.76. The van der Waals surface area contributed by atoms with Crippen LogP contribution in [0.25, 0.3) is 0 Å². The number of carbonyl (C=O) groups is 2. The molecule has 0 aliphatic carbocycles. The third kappa shape index (κ3) is 5.55. The molecule has 5 nitrogen and oxygen atoms in total. The molecule has 0 atom stereocenters. The van der Waals surface area contributed by atoms with E-state index in [4.69, 9.17) is 4.74 Å². The predicted molar refractivity (Wildman–Crippen MR) is 64.7 cm³/mol. The van der Waals surface area contributed by atoms with Gasteiger partial charge in [0.2, 0.25) is 5.91 Å². The number of ether oxygens (including phenoxy) is 1. The Bertz CT molecular complexity index is 365. The number of amides is 2. The highest BCUT2D eigenvalue weighted by Gasteiger charge is 2.05. The van der Waals surface area contributed by atoms with E-state index in [1.54, 1.807) is 12.1 Å². The van der Waals surface area contributed by atoms with Crippen molar-refractivity contribution in [2.75, 3.05) is 18.5 Å². The highest BCUT2D eigenvalue weighted by Crippen LogP contribution is 2.03. The molecule has 0 aliphatic rings. The fraction of sp³-hybridized carbons (Fsp3) is 0.333. The van der Waals surface area contributed by atoms with Crippen molar-refractivity contribution in [1.82, 2.24) is 5.32 Å². The minimum absolute atomic E-state index is 0.0998. The monoisotopic (exact) mass is 236 g/mol. The molecule has 0 unspecified atom stereocenters. The van der Waals surface area contributed by atoms with Crippen LogP contribution in [-0.4, -0.2) is 25.2 Å². The number of benzene rings is 1. The molecule has 17 heavy (non-hydrogen) atoms. The first-order valence-electron chi connectivity index (χ1n) is 5.48. The Morgan fingerprint density at radius 1 is 1.24 bits per heavy atom. The first-order chi connectivity index (χ1) is 8.22. The van der Waals surface area contributed by atoms with Crippen LogP contribution in [0.1, 0.15) is 13.3 Å². The van der Waals surface area contributed by atoms with Crippen molar-refractivity contribution in [2.24, 2.45) is 0 Å². The quantitative estimate of drug-likeness (QED) is 0.818. The second kappa shape index (κ2) is 7.27. The number of alkyl carbamates (subject to hydrolysis) is 1. The van der Waals surface area contributed by atoms with Crippen molar-refractivity contribution in [3.05, 3.63) is 30.3 Å². The third-order valence-corrected chi connectivity index (χ3v) is 1.89. The van der Waals surface area contributed by atoms with Crippen molar-refractivity contribution in [3.8, 4) is 0 Å². The van der Waals surface area contributed by atoms with E-state index in [0.29, 0.717) is 12.3 Å². The van der Waals surface area contributed by atoms with Crippen molar-refractivity contribution in [2.45, 2.75) is 13.3 Å². The summed E-state index contributed by atoms with van der Waals surface area (Å²) in [7, 11) is 0. The van der Waals surface area contributed by atoms with Gasteiger partial charge in [-0.2, -0.15) is 0 Å². The van der Waals surface area contributed by atoms with E-state index < -0.39 is 6.09 Å². The van der Waals surface area contributed by atoms with Crippen molar-refractivity contribution < 1.29 is 14.3 Å². The Morgan fingerprint density at radius 3 is 2.59 bits per heavy atom. The van der Waals surface area contributed by atoms with Crippen LogP contribution in [0.2, 0.25) is 0 Å². The van der Waals surface area contributed by atoms with E-state index in [-0.39, 0.29) is 12.5 Å². The molecule has 2 N–H and O–H groups in total. The first-order valence-corrected chi connectivity index (χ1v) is 5.48. The molecule has 0 spiro atoms. The molecule has 2 amide bonds. The van der Waals surface area contributed by atoms with Gasteiger partial charge in [-0.1, -0.05) is 25.1 Å². The zero-order chi connectivity index (χ0) is 12.5. The smallest absolute Gasteiger partial charge is 0.407 e. The lowest BCUT2D eigenvalue weighted by Crippen LogP contribution is -2.33. The maximum atomic E-state index is 11.4. The van der Waals surface area contributed by atoms with Crippen LogP contribution >= 0.6 is 0 Å². The van der Waals surface area contributed by atoms with Gasteiger partial charge in [0.1, 0.15) is 6.54 Å². The Balaban J connectivity index is 2.24. The van der Waals surface area contributed by atoms with Crippen LogP contribution in [0, 0.1) is 0 Å². The van der Waals surface area contributed by atoms with Gasteiger partial charge < -0.3 is 15.4 Å². The fourth-order valence-corrected chi connectivity index (χ4v) is 1.12. The zero-order valence-electron chi connectivity index (χ0n) is 9.73. The molecule has 0 heterocycles. The van der Waals surface area contributed by atoms with Crippen LogP contribution < -0.4 is 10.6 Å². The maximum Gasteiger partial charge on any atom is 0.407 e. The average molecular weight is 236 g/mol. The van der Waals surface area contributed by atoms with Gasteiger partial charge in [-0.25, -0.2) is 4.79 Å². The third-order valence-electron chi connectivity index (χ3n) is 1.89. The summed E-state index contributed by atoms with van der Waals surface area (Å²) in [6.07, 6.45) is 0.180. The normalized spacial score (nSPS) is 9.47. The minimum Gasteiger partial charge on any atom is -0.450 e. The van der Waals surface area contributed by atoms with Crippen molar-refractivity contribution in [3.63, 3.8) is 0 Å². The van der Waals surface area contributed by atoms with Gasteiger partial charge in [0.15, 0.2) is 0 Å². The summed E-state index contributed by atoms with van der Waals surface area (Å²) in [6, 6.07) is 9.04. The second-order valence-electron chi connectivity index (χ2n) is 3.40. The molecule has 92 valence electrons. The van der Waals surface area contributed by atoms with Crippen LogP contribution in [0.3, 0.4) is 0 Å². The Labute approximate surface area is 100 Å². The molecule has 0 aliphatic heterocycles. The van der Waals surface area contributed by atoms with Gasteiger partial charge >= 0.3 is 6.09 Å². The van der Waals surface area contributed by atoms with Gasteiger partial charge in [0, 0.05) is 5.69 Å². The van der Waals surface area contributed by atoms with Gasteiger partial charge in [-0.3, -0.25) is 4.79 Å². The SMILES string of the molecule is CCCOC(=O)NCC(=O)Nc1ccccc1. The lowest BCUT2D eigenvalue weighted by atomic mass is 10.3. The fourth-order valence-electron chi connectivity index (χ4n) is 1.12. The van der Waals surface area contributed by atoms with E-state index >= 15 is 0 Å². The van der Waals surface area contributed by atoms with Crippen molar-refractivity contribution >= 4 is 17.7 Å². The number of para-hydroxylation sites is 1. The summed E-state index contributed by atoms with van der Waals surface area (Å²) in [5, 5.41) is 5.01. The van der Waals surface area contributed by atoms with Gasteiger partial charge in [0.05, 0.1) is 6.61 Å². The Kier molecular flexibility index (Phi) is 5.57. The van der Waals surface area contributed by atoms with Crippen LogP contribution in [-0.2, 0) is 9.53 Å². The van der Waals surface area contributed by atoms with Gasteiger partial charge in [0.25, 0.3) is 0 Å². The molecule has 0 aromatic heterocycles. The number of hydrogen-bond acceptors (Lipinski definition) is 3. The summed E-state index contributed by atoms with van der Waals surface area (Å²) in [6.45, 7) is 2.15. The molecular weight excluding hydrogens is 220 g/mol. The van der Waals surface area contributed by atoms with Gasteiger partial charge in [-0.05, 0) is 18.6 Å². The lowest BCUT2D eigenvalue weighted by Gasteiger charge is -2.07. The molecule has 5 heteroatoms. The summed E-state index contributed by atoms with van der Waals surface area (Å²) < 4.78 is 4.76. The van der Waals surface area contributed by atoms with E-state index in [1.807, 2.05) is 25.1 Å². The number of carbonyl (C=O) groups excluding carboxylic acids is 2. The minimum atomic E-state index is -0.574. The lowest BCUT2D eigenvalue weighted by molar-refractivity contribution is -0.115. The summed E-state index contributed by atoms with van der Waals surface area (Å²) in [4.78, 5) is 22.5. The molecule has 0 saturated carbocycles. The highest BCUT2D eigenvalue weighted by molar-refractivity contribution is 5.93. The van der Waals surface area contributed by atoms with Crippen LogP contribution in [0.5, 0.6) is 0 Å². The summed E-state index contributed by atoms with van der Waals surface area (Å²) in [5.74, 6) is -0.287. The molecule has 1 rings (SSSR count). The molecule has 1 aromatic carbocycles.